The fourth-order valence-electron chi connectivity index (χ4n) is 5.60. The SMILES string of the molecule is CC(=O)N1CCC(C(NC(=O)c2ccc(OC(C)c3cc(C)nc4ccccc34)cc2)C2NC(=O)NC2=O)CC1. The Morgan fingerprint density at radius 2 is 1.77 bits per heavy atom. The van der Waals surface area contributed by atoms with Crippen molar-refractivity contribution in [2.45, 2.75) is 51.8 Å². The standard InChI is InChI=1S/C30H33N5O5/c1-17-16-24(23-6-4-5-7-25(23)31-17)18(2)40-22-10-8-21(9-11-22)28(37)32-26(27-29(38)34-30(39)33-27)20-12-14-35(15-13-20)19(3)36/h4-11,16,18,20,26-27H,12-15H2,1-3H3,(H,32,37)(H2,33,34,38,39). The number of ether oxygens (including phenoxy) is 1. The van der Waals surface area contributed by atoms with Gasteiger partial charge in [-0.05, 0) is 69.0 Å². The number of rotatable bonds is 7. The molecule has 3 unspecified atom stereocenters. The van der Waals surface area contributed by atoms with Gasteiger partial charge in [0.05, 0.1) is 11.6 Å². The molecular formula is C30H33N5O5. The van der Waals surface area contributed by atoms with Crippen molar-refractivity contribution in [3.05, 3.63) is 71.4 Å². The molecule has 208 valence electrons. The summed E-state index contributed by atoms with van der Waals surface area (Å²) in [6.45, 7) is 6.52. The normalized spacial score (nSPS) is 19.1. The van der Waals surface area contributed by atoms with Crippen molar-refractivity contribution in [1.29, 1.82) is 0 Å². The van der Waals surface area contributed by atoms with Gasteiger partial charge < -0.3 is 20.3 Å². The highest BCUT2D eigenvalue weighted by atomic mass is 16.5. The Morgan fingerprint density at radius 1 is 1.07 bits per heavy atom. The van der Waals surface area contributed by atoms with Crippen molar-refractivity contribution < 1.29 is 23.9 Å². The maximum absolute atomic E-state index is 13.3. The summed E-state index contributed by atoms with van der Waals surface area (Å²) in [6.07, 6.45) is 0.969. The van der Waals surface area contributed by atoms with E-state index in [1.165, 1.54) is 6.92 Å². The van der Waals surface area contributed by atoms with Crippen LogP contribution < -0.4 is 20.7 Å². The summed E-state index contributed by atoms with van der Waals surface area (Å²) in [6, 6.07) is 14.7. The first-order valence-corrected chi connectivity index (χ1v) is 13.5. The lowest BCUT2D eigenvalue weighted by Crippen LogP contribution is -2.56. The van der Waals surface area contributed by atoms with E-state index in [-0.39, 0.29) is 23.8 Å². The van der Waals surface area contributed by atoms with Crippen LogP contribution in [0.5, 0.6) is 5.75 Å². The van der Waals surface area contributed by atoms with Gasteiger partial charge in [-0.2, -0.15) is 0 Å². The van der Waals surface area contributed by atoms with E-state index in [9.17, 15) is 19.2 Å². The average Bonchev–Trinajstić information content (AvgIpc) is 3.28. The zero-order chi connectivity index (χ0) is 28.4. The number of pyridine rings is 1. The van der Waals surface area contributed by atoms with E-state index in [2.05, 4.69) is 20.9 Å². The van der Waals surface area contributed by atoms with E-state index >= 15 is 0 Å². The highest BCUT2D eigenvalue weighted by Crippen LogP contribution is 2.29. The number of aryl methyl sites for hydroxylation is 1. The molecule has 2 saturated heterocycles. The van der Waals surface area contributed by atoms with Gasteiger partial charge in [-0.1, -0.05) is 18.2 Å². The van der Waals surface area contributed by atoms with Crippen LogP contribution in [-0.2, 0) is 9.59 Å². The summed E-state index contributed by atoms with van der Waals surface area (Å²) in [7, 11) is 0. The maximum Gasteiger partial charge on any atom is 0.322 e. The Kier molecular flexibility index (Phi) is 7.68. The minimum absolute atomic E-state index is 0.00479. The second-order valence-corrected chi connectivity index (χ2v) is 10.4. The number of imide groups is 1. The van der Waals surface area contributed by atoms with Crippen LogP contribution in [0.1, 0.15) is 54.4 Å². The molecule has 5 amide bonds. The molecule has 0 radical (unpaired) electrons. The molecule has 2 aliphatic rings. The molecule has 3 N–H and O–H groups in total. The highest BCUT2D eigenvalue weighted by Gasteiger charge is 2.42. The van der Waals surface area contributed by atoms with Crippen molar-refractivity contribution in [3.8, 4) is 5.75 Å². The van der Waals surface area contributed by atoms with E-state index < -0.39 is 24.0 Å². The first kappa shape index (κ1) is 27.1. The molecule has 40 heavy (non-hydrogen) atoms. The van der Waals surface area contributed by atoms with E-state index in [0.29, 0.717) is 37.2 Å². The smallest absolute Gasteiger partial charge is 0.322 e. The van der Waals surface area contributed by atoms with Crippen LogP contribution in [-0.4, -0.2) is 58.8 Å². The summed E-state index contributed by atoms with van der Waals surface area (Å²) in [5.41, 5.74) is 3.25. The molecule has 2 aliphatic heterocycles. The average molecular weight is 544 g/mol. The van der Waals surface area contributed by atoms with Gasteiger partial charge in [-0.3, -0.25) is 24.7 Å². The Labute approximate surface area is 232 Å². The van der Waals surface area contributed by atoms with Crippen LogP contribution in [0.3, 0.4) is 0 Å². The molecule has 3 atom stereocenters. The molecule has 10 heteroatoms. The first-order valence-electron chi connectivity index (χ1n) is 13.5. The summed E-state index contributed by atoms with van der Waals surface area (Å²) in [5, 5.41) is 8.90. The van der Waals surface area contributed by atoms with Gasteiger partial charge in [-0.15, -0.1) is 0 Å². The third-order valence-electron chi connectivity index (χ3n) is 7.70. The van der Waals surface area contributed by atoms with Gasteiger partial charge in [0.1, 0.15) is 17.9 Å². The first-order chi connectivity index (χ1) is 19.2. The summed E-state index contributed by atoms with van der Waals surface area (Å²) in [4.78, 5) is 55.7. The van der Waals surface area contributed by atoms with Crippen molar-refractivity contribution >= 4 is 34.7 Å². The van der Waals surface area contributed by atoms with Gasteiger partial charge in [-0.25, -0.2) is 4.79 Å². The van der Waals surface area contributed by atoms with Crippen molar-refractivity contribution in [1.82, 2.24) is 25.8 Å². The minimum Gasteiger partial charge on any atom is -0.486 e. The summed E-state index contributed by atoms with van der Waals surface area (Å²) >= 11 is 0. The molecule has 5 rings (SSSR count). The lowest BCUT2D eigenvalue weighted by atomic mass is 9.85. The van der Waals surface area contributed by atoms with Crippen molar-refractivity contribution in [2.75, 3.05) is 13.1 Å². The number of carbonyl (C=O) groups is 4. The van der Waals surface area contributed by atoms with Gasteiger partial charge in [0.15, 0.2) is 0 Å². The predicted molar refractivity (Wildman–Crippen MR) is 149 cm³/mol. The molecule has 0 spiro atoms. The molecule has 0 saturated carbocycles. The molecule has 10 nitrogen and oxygen atoms in total. The van der Waals surface area contributed by atoms with E-state index in [1.54, 1.807) is 29.2 Å². The molecule has 0 aliphatic carbocycles. The number of nitrogens with one attached hydrogen (secondary N) is 3. The highest BCUT2D eigenvalue weighted by molar-refractivity contribution is 6.05. The fourth-order valence-corrected chi connectivity index (χ4v) is 5.60. The molecule has 2 fully saturated rings. The number of fused-ring (bicyclic) bond motifs is 1. The van der Waals surface area contributed by atoms with Crippen LogP contribution >= 0.6 is 0 Å². The Morgan fingerprint density at radius 3 is 2.42 bits per heavy atom. The van der Waals surface area contributed by atoms with Gasteiger partial charge in [0.25, 0.3) is 11.8 Å². The van der Waals surface area contributed by atoms with Crippen LogP contribution in [0.2, 0.25) is 0 Å². The van der Waals surface area contributed by atoms with Crippen molar-refractivity contribution in [2.24, 2.45) is 5.92 Å². The van der Waals surface area contributed by atoms with Crippen LogP contribution in [0, 0.1) is 12.8 Å². The fraction of sp³-hybridized carbons (Fsp3) is 0.367. The van der Waals surface area contributed by atoms with Gasteiger partial charge >= 0.3 is 6.03 Å². The number of hydrogen-bond donors (Lipinski definition) is 3. The quantitative estimate of drug-likeness (QED) is 0.393. The van der Waals surface area contributed by atoms with Crippen LogP contribution in [0.4, 0.5) is 4.79 Å². The maximum atomic E-state index is 13.3. The number of benzene rings is 2. The van der Waals surface area contributed by atoms with Crippen LogP contribution in [0.15, 0.2) is 54.6 Å². The van der Waals surface area contributed by atoms with E-state index in [0.717, 1.165) is 22.2 Å². The van der Waals surface area contributed by atoms with E-state index in [4.69, 9.17) is 4.74 Å². The molecule has 3 aromatic rings. The van der Waals surface area contributed by atoms with Crippen LogP contribution in [0.25, 0.3) is 10.9 Å². The van der Waals surface area contributed by atoms with E-state index in [1.807, 2.05) is 44.2 Å². The largest absolute Gasteiger partial charge is 0.486 e. The lowest BCUT2D eigenvalue weighted by molar-refractivity contribution is -0.130. The number of nitrogens with zero attached hydrogens (tertiary/aromatic N) is 2. The van der Waals surface area contributed by atoms with Gasteiger partial charge in [0.2, 0.25) is 5.91 Å². The molecule has 0 bridgehead atoms. The second-order valence-electron chi connectivity index (χ2n) is 10.4. The topological polar surface area (TPSA) is 130 Å². The van der Waals surface area contributed by atoms with Crippen molar-refractivity contribution in [3.63, 3.8) is 0 Å². The molecular weight excluding hydrogens is 510 g/mol. The summed E-state index contributed by atoms with van der Waals surface area (Å²) in [5.74, 6) is -0.312. The minimum atomic E-state index is -0.882. The Bertz CT molecular complexity index is 1450. The third-order valence-corrected chi connectivity index (χ3v) is 7.70. The molecule has 1 aromatic heterocycles. The zero-order valence-corrected chi connectivity index (χ0v) is 22.8. The molecule has 2 aromatic carbocycles. The predicted octanol–water partition coefficient (Wildman–Crippen LogP) is 3.25. The number of urea groups is 1. The summed E-state index contributed by atoms with van der Waals surface area (Å²) < 4.78 is 6.22. The number of aromatic nitrogens is 1. The number of piperidine rings is 1. The number of para-hydroxylation sites is 1. The zero-order valence-electron chi connectivity index (χ0n) is 22.8. The number of amides is 5. The van der Waals surface area contributed by atoms with Gasteiger partial charge in [0, 0.05) is 42.2 Å². The number of likely N-dealkylation sites (tertiary alicyclic amines) is 1. The monoisotopic (exact) mass is 543 g/mol. The second kappa shape index (κ2) is 11.3. The number of carbonyl (C=O) groups excluding carboxylic acids is 4. The number of hydrogen-bond acceptors (Lipinski definition) is 6. The Hall–Kier alpha value is -4.47. The lowest BCUT2D eigenvalue weighted by Gasteiger charge is -2.37. The third kappa shape index (κ3) is 5.75. The Balaban J connectivity index is 1.29. The molecule has 3 heterocycles.